The number of hydrogen-bond acceptors (Lipinski definition) is 18. The average molecular weight is 1300 g/mol. The molecule has 3 fully saturated rings. The van der Waals surface area contributed by atoms with Gasteiger partial charge in [0, 0.05) is 6.42 Å². The van der Waals surface area contributed by atoms with E-state index in [2.05, 4.69) is 31.3 Å². The number of nitrogens with one attached hydrogen (secondary N) is 1. The summed E-state index contributed by atoms with van der Waals surface area (Å²) in [4.78, 5) is 13.4. The topological polar surface area (TPSA) is 307 Å². The number of carbonyl (C=O) groups excluding carboxylic acids is 1. The molecule has 17 unspecified atom stereocenters. The van der Waals surface area contributed by atoms with Crippen LogP contribution >= 0.6 is 0 Å². The number of amides is 1. The summed E-state index contributed by atoms with van der Waals surface area (Å²) in [5, 5.41) is 121. The smallest absolute Gasteiger partial charge is 0.220 e. The fraction of sp³-hybridized carbons (Fsp3) is 0.931. The molecule has 17 atom stereocenters. The third-order valence-corrected chi connectivity index (χ3v) is 18.8. The van der Waals surface area contributed by atoms with E-state index < -0.39 is 124 Å². The Hall–Kier alpha value is -1.73. The van der Waals surface area contributed by atoms with Gasteiger partial charge in [-0.1, -0.05) is 282 Å². The maximum Gasteiger partial charge on any atom is 0.220 e. The number of unbranched alkanes of at least 4 members (excludes halogenated alkanes) is 40. The van der Waals surface area contributed by atoms with Crippen molar-refractivity contribution in [2.75, 3.05) is 26.4 Å². The van der Waals surface area contributed by atoms with Crippen LogP contribution in [-0.4, -0.2) is 193 Å². The lowest BCUT2D eigenvalue weighted by Gasteiger charge is -2.48. The molecule has 0 spiro atoms. The Balaban J connectivity index is 1.39. The molecule has 19 nitrogen and oxygen atoms in total. The maximum absolute atomic E-state index is 13.4. The molecule has 0 saturated carbocycles. The van der Waals surface area contributed by atoms with Gasteiger partial charge in [0.05, 0.1) is 38.6 Å². The van der Waals surface area contributed by atoms with Crippen LogP contribution in [-0.2, 0) is 33.2 Å². The van der Waals surface area contributed by atoms with Gasteiger partial charge in [0.2, 0.25) is 5.91 Å². The van der Waals surface area contributed by atoms with Gasteiger partial charge >= 0.3 is 0 Å². The summed E-state index contributed by atoms with van der Waals surface area (Å²) in [6, 6.07) is -0.987. The standard InChI is InChI=1S/C72H135NO18/c1-3-5-7-9-11-13-15-17-19-21-22-23-24-25-26-27-28-29-30-31-32-34-36-38-40-42-44-46-48-50-60(78)73-55(56(77)49-47-45-43-41-39-37-35-33-20-18-16-14-12-10-8-6-4-2)54-86-70-66(84)63(81)68(58(52-75)88-70)91-72-67(85)64(82)69(59(53-76)89-72)90-71-65(83)62(80)61(79)57(51-74)87-71/h39,41,47,49,55-59,61-72,74-77,79-85H,3-38,40,42-46,48,50-54H2,1-2H3,(H,73,78)/b41-39+,49-47+. The van der Waals surface area contributed by atoms with Crippen molar-refractivity contribution in [1.82, 2.24) is 5.32 Å². The van der Waals surface area contributed by atoms with Crippen LogP contribution in [0.1, 0.15) is 296 Å². The number of allylic oxidation sites excluding steroid dienone is 3. The lowest BCUT2D eigenvalue weighted by Crippen LogP contribution is -2.66. The average Bonchev–Trinajstić information content (AvgIpc) is 0.885. The van der Waals surface area contributed by atoms with Gasteiger partial charge in [-0.25, -0.2) is 0 Å². The fourth-order valence-electron chi connectivity index (χ4n) is 12.7. The molecule has 0 radical (unpaired) electrons. The molecule has 12 N–H and O–H groups in total. The van der Waals surface area contributed by atoms with Gasteiger partial charge in [0.15, 0.2) is 18.9 Å². The second kappa shape index (κ2) is 54.3. The van der Waals surface area contributed by atoms with E-state index in [1.807, 2.05) is 6.08 Å². The van der Waals surface area contributed by atoms with E-state index in [0.29, 0.717) is 12.8 Å². The van der Waals surface area contributed by atoms with Crippen LogP contribution in [0.2, 0.25) is 0 Å². The zero-order valence-electron chi connectivity index (χ0n) is 56.8. The minimum atomic E-state index is -1.98. The molecule has 3 aliphatic rings. The van der Waals surface area contributed by atoms with Crippen LogP contribution < -0.4 is 5.32 Å². The predicted molar refractivity (Wildman–Crippen MR) is 356 cm³/mol. The normalized spacial score (nSPS) is 27.9. The van der Waals surface area contributed by atoms with Gasteiger partial charge in [-0.3, -0.25) is 4.79 Å². The highest BCUT2D eigenvalue weighted by Gasteiger charge is 2.53. The van der Waals surface area contributed by atoms with Crippen molar-refractivity contribution < 1.29 is 89.4 Å². The Kier molecular flexibility index (Phi) is 49.8. The zero-order valence-corrected chi connectivity index (χ0v) is 56.8. The van der Waals surface area contributed by atoms with Crippen LogP contribution in [0.5, 0.6) is 0 Å². The molecule has 0 aromatic heterocycles. The highest BCUT2D eigenvalue weighted by atomic mass is 16.8. The molecule has 3 saturated heterocycles. The minimum absolute atomic E-state index is 0.241. The monoisotopic (exact) mass is 1300 g/mol. The molecule has 3 aliphatic heterocycles. The summed E-state index contributed by atoms with van der Waals surface area (Å²) >= 11 is 0. The van der Waals surface area contributed by atoms with Gasteiger partial charge in [-0.2, -0.15) is 0 Å². The number of aliphatic hydroxyl groups excluding tert-OH is 11. The minimum Gasteiger partial charge on any atom is -0.394 e. The molecule has 0 aromatic rings. The summed E-state index contributed by atoms with van der Waals surface area (Å²) < 4.78 is 34.4. The van der Waals surface area contributed by atoms with E-state index in [1.165, 1.54) is 225 Å². The Bertz CT molecular complexity index is 1750. The Labute approximate surface area is 549 Å². The number of hydrogen-bond donors (Lipinski definition) is 12. The fourth-order valence-corrected chi connectivity index (χ4v) is 12.7. The summed E-state index contributed by atoms with van der Waals surface area (Å²) in [6.45, 7) is 1.75. The van der Waals surface area contributed by atoms with Crippen molar-refractivity contribution in [3.8, 4) is 0 Å². The van der Waals surface area contributed by atoms with Crippen LogP contribution in [0.3, 0.4) is 0 Å². The lowest BCUT2D eigenvalue weighted by molar-refractivity contribution is -0.379. The van der Waals surface area contributed by atoms with Gasteiger partial charge < -0.3 is 89.9 Å². The first-order chi connectivity index (χ1) is 44.3. The van der Waals surface area contributed by atoms with E-state index in [1.54, 1.807) is 6.08 Å². The van der Waals surface area contributed by atoms with Gasteiger partial charge in [0.1, 0.15) is 73.2 Å². The third kappa shape index (κ3) is 35.9. The lowest BCUT2D eigenvalue weighted by atomic mass is 9.96. The maximum atomic E-state index is 13.4. The number of aliphatic hydroxyl groups is 11. The Morgan fingerprint density at radius 2 is 0.703 bits per heavy atom. The predicted octanol–water partition coefficient (Wildman–Crippen LogP) is 10.6. The molecule has 0 bridgehead atoms. The molecular formula is C72H135NO18. The highest BCUT2D eigenvalue weighted by molar-refractivity contribution is 5.76. The Morgan fingerprint density at radius 1 is 0.385 bits per heavy atom. The molecule has 0 aliphatic carbocycles. The second-order valence-electron chi connectivity index (χ2n) is 26.8. The van der Waals surface area contributed by atoms with E-state index in [9.17, 15) is 61.0 Å². The summed E-state index contributed by atoms with van der Waals surface area (Å²) in [5.41, 5.74) is 0. The Morgan fingerprint density at radius 3 is 1.10 bits per heavy atom. The number of carbonyl (C=O) groups is 1. The van der Waals surface area contributed by atoms with E-state index in [0.717, 1.165) is 38.5 Å². The van der Waals surface area contributed by atoms with E-state index >= 15 is 0 Å². The molecule has 536 valence electrons. The zero-order chi connectivity index (χ0) is 66.1. The molecule has 0 aromatic carbocycles. The van der Waals surface area contributed by atoms with Crippen LogP contribution in [0, 0.1) is 0 Å². The van der Waals surface area contributed by atoms with Crippen molar-refractivity contribution >= 4 is 5.91 Å². The largest absolute Gasteiger partial charge is 0.394 e. The van der Waals surface area contributed by atoms with E-state index in [4.69, 9.17) is 28.4 Å². The van der Waals surface area contributed by atoms with Crippen molar-refractivity contribution in [3.05, 3.63) is 24.3 Å². The van der Waals surface area contributed by atoms with Gasteiger partial charge in [0.25, 0.3) is 0 Å². The van der Waals surface area contributed by atoms with Gasteiger partial charge in [-0.05, 0) is 32.1 Å². The first-order valence-electron chi connectivity index (χ1n) is 37.1. The first kappa shape index (κ1) is 83.5. The molecule has 19 heteroatoms. The number of ether oxygens (including phenoxy) is 6. The molecule has 1 amide bonds. The van der Waals surface area contributed by atoms with Crippen molar-refractivity contribution in [3.63, 3.8) is 0 Å². The molecule has 91 heavy (non-hydrogen) atoms. The van der Waals surface area contributed by atoms with Crippen molar-refractivity contribution in [2.24, 2.45) is 0 Å². The molecule has 3 heterocycles. The van der Waals surface area contributed by atoms with E-state index in [-0.39, 0.29) is 18.9 Å². The first-order valence-corrected chi connectivity index (χ1v) is 37.1. The number of rotatable bonds is 58. The summed E-state index contributed by atoms with van der Waals surface area (Å²) in [7, 11) is 0. The van der Waals surface area contributed by atoms with Crippen LogP contribution in [0.15, 0.2) is 24.3 Å². The van der Waals surface area contributed by atoms with Gasteiger partial charge in [-0.15, -0.1) is 0 Å². The molecular weight excluding hydrogens is 1170 g/mol. The SMILES string of the molecule is CCCCCCCCCCCCC/C=C/CC/C=C/C(O)C(COC1OC(CO)C(OC2OC(CO)C(OC3OC(CO)C(O)C(O)C3O)C(O)C2O)C(O)C1O)NC(=O)CCCCCCCCCCCCCCCCCCCCCCCCCCCCCCC. The highest BCUT2D eigenvalue weighted by Crippen LogP contribution is 2.33. The van der Waals surface area contributed by atoms with Crippen LogP contribution in [0.25, 0.3) is 0 Å². The van der Waals surface area contributed by atoms with Crippen LogP contribution in [0.4, 0.5) is 0 Å². The second-order valence-corrected chi connectivity index (χ2v) is 26.8. The third-order valence-electron chi connectivity index (χ3n) is 18.8. The van der Waals surface area contributed by atoms with Crippen molar-refractivity contribution in [1.29, 1.82) is 0 Å². The molecule has 3 rings (SSSR count). The van der Waals surface area contributed by atoms with Crippen molar-refractivity contribution in [2.45, 2.75) is 401 Å². The quantitative estimate of drug-likeness (QED) is 0.0199. The summed E-state index contributed by atoms with van der Waals surface area (Å²) in [5.74, 6) is -0.279. The summed E-state index contributed by atoms with van der Waals surface area (Å²) in [6.07, 6.45) is 36.0.